The highest BCUT2D eigenvalue weighted by Crippen LogP contribution is 2.25. The summed E-state index contributed by atoms with van der Waals surface area (Å²) in [6.07, 6.45) is 0.270. The molecule has 0 radical (unpaired) electrons. The second kappa shape index (κ2) is 3.52. The number of thioether (sulfide) groups is 1. The van der Waals surface area contributed by atoms with Crippen molar-refractivity contribution in [2.24, 2.45) is 0 Å². The van der Waals surface area contributed by atoms with E-state index in [9.17, 15) is 0 Å². The van der Waals surface area contributed by atoms with Gasteiger partial charge >= 0.3 is 0 Å². The van der Waals surface area contributed by atoms with E-state index in [4.69, 9.17) is 16.3 Å². The Bertz CT molecular complexity index is 146. The van der Waals surface area contributed by atoms with Crippen molar-refractivity contribution in [1.29, 1.82) is 0 Å². The van der Waals surface area contributed by atoms with Crippen LogP contribution in [0.3, 0.4) is 0 Å². The van der Waals surface area contributed by atoms with Gasteiger partial charge in [-0.1, -0.05) is 0 Å². The van der Waals surface area contributed by atoms with Crippen LogP contribution in [0.5, 0.6) is 0 Å². The molecule has 2 fully saturated rings. The third-order valence-corrected chi connectivity index (χ3v) is 3.70. The summed E-state index contributed by atoms with van der Waals surface area (Å²) < 4.78 is 5.55. The van der Waals surface area contributed by atoms with E-state index in [0.29, 0.717) is 11.9 Å². The van der Waals surface area contributed by atoms with Gasteiger partial charge in [0.15, 0.2) is 0 Å². The molecule has 0 spiro atoms. The summed E-state index contributed by atoms with van der Waals surface area (Å²) in [6, 6.07) is 0.666. The highest BCUT2D eigenvalue weighted by molar-refractivity contribution is 7.99. The molecule has 0 amide bonds. The van der Waals surface area contributed by atoms with Gasteiger partial charge in [-0.15, -0.1) is 23.4 Å². The fourth-order valence-electron chi connectivity index (χ4n) is 1.53. The molecule has 2 heterocycles. The van der Waals surface area contributed by atoms with Crippen LogP contribution < -0.4 is 0 Å². The summed E-state index contributed by atoms with van der Waals surface area (Å²) in [6.45, 7) is 1.91. The first kappa shape index (κ1) is 8.17. The van der Waals surface area contributed by atoms with Crippen LogP contribution in [0.4, 0.5) is 0 Å². The minimum absolute atomic E-state index is 0.270. The van der Waals surface area contributed by atoms with Gasteiger partial charge in [-0.25, -0.2) is 0 Å². The van der Waals surface area contributed by atoms with Crippen LogP contribution in [0.25, 0.3) is 0 Å². The average molecular weight is 194 g/mol. The lowest BCUT2D eigenvalue weighted by Gasteiger charge is -2.33. The molecule has 2 aliphatic heterocycles. The summed E-state index contributed by atoms with van der Waals surface area (Å²) in [5.74, 6) is 3.03. The molecule has 0 aromatic carbocycles. The zero-order chi connectivity index (χ0) is 7.68. The number of morpholine rings is 1. The maximum Gasteiger partial charge on any atom is 0.0838 e. The quantitative estimate of drug-likeness (QED) is 0.577. The molecule has 2 rings (SSSR count). The van der Waals surface area contributed by atoms with E-state index in [1.807, 2.05) is 11.8 Å². The van der Waals surface area contributed by atoms with E-state index in [1.54, 1.807) is 0 Å². The lowest BCUT2D eigenvalue weighted by molar-refractivity contribution is -0.0341. The lowest BCUT2D eigenvalue weighted by atomic mass is 10.2. The van der Waals surface area contributed by atoms with Crippen molar-refractivity contribution in [2.75, 3.05) is 30.7 Å². The third kappa shape index (κ3) is 1.66. The molecule has 0 N–H and O–H groups in total. The van der Waals surface area contributed by atoms with E-state index in [1.165, 1.54) is 11.6 Å². The Morgan fingerprint density at radius 2 is 2.55 bits per heavy atom. The molecule has 11 heavy (non-hydrogen) atoms. The van der Waals surface area contributed by atoms with Crippen molar-refractivity contribution >= 4 is 23.4 Å². The monoisotopic (exact) mass is 193 g/mol. The summed E-state index contributed by atoms with van der Waals surface area (Å²) in [7, 11) is 0. The number of rotatable bonds is 1. The molecule has 2 atom stereocenters. The summed E-state index contributed by atoms with van der Waals surface area (Å²) >= 11 is 7.71. The van der Waals surface area contributed by atoms with Crippen molar-refractivity contribution in [3.8, 4) is 0 Å². The summed E-state index contributed by atoms with van der Waals surface area (Å²) in [5, 5.41) is 0. The second-order valence-electron chi connectivity index (χ2n) is 3.03. The maximum absolute atomic E-state index is 5.71. The smallest absolute Gasteiger partial charge is 0.0838 e. The van der Waals surface area contributed by atoms with E-state index in [0.717, 1.165) is 13.2 Å². The van der Waals surface area contributed by atoms with Crippen LogP contribution >= 0.6 is 23.4 Å². The Morgan fingerprint density at radius 1 is 1.64 bits per heavy atom. The normalized spacial score (nSPS) is 39.0. The van der Waals surface area contributed by atoms with E-state index in [-0.39, 0.29) is 6.10 Å². The Kier molecular flexibility index (Phi) is 2.61. The van der Waals surface area contributed by atoms with Crippen LogP contribution in [-0.4, -0.2) is 47.7 Å². The minimum atomic E-state index is 0.270. The van der Waals surface area contributed by atoms with Gasteiger partial charge in [-0.05, 0) is 0 Å². The third-order valence-electron chi connectivity index (χ3n) is 2.22. The number of fused-ring (bicyclic) bond motifs is 1. The number of ether oxygens (including phenoxy) is 1. The van der Waals surface area contributed by atoms with Crippen molar-refractivity contribution in [3.05, 3.63) is 0 Å². The molecule has 0 aromatic rings. The lowest BCUT2D eigenvalue weighted by Crippen LogP contribution is -2.47. The Morgan fingerprint density at radius 3 is 3.36 bits per heavy atom. The van der Waals surface area contributed by atoms with Gasteiger partial charge in [-0.2, -0.15) is 0 Å². The van der Waals surface area contributed by atoms with Crippen molar-refractivity contribution in [3.63, 3.8) is 0 Å². The van der Waals surface area contributed by atoms with Gasteiger partial charge in [0.25, 0.3) is 0 Å². The first-order valence-electron chi connectivity index (χ1n) is 3.89. The van der Waals surface area contributed by atoms with E-state index >= 15 is 0 Å². The van der Waals surface area contributed by atoms with Gasteiger partial charge in [0.2, 0.25) is 0 Å². The topological polar surface area (TPSA) is 12.5 Å². The summed E-state index contributed by atoms with van der Waals surface area (Å²) in [4.78, 5) is 2.47. The minimum Gasteiger partial charge on any atom is -0.374 e. The molecule has 2 saturated heterocycles. The standard InChI is InChI=1S/C7H12ClNOS/c8-1-7-2-9-5-11-4-6(9)3-10-7/h6-7H,1-5H2. The van der Waals surface area contributed by atoms with Gasteiger partial charge in [0, 0.05) is 30.1 Å². The molecule has 4 heteroatoms. The largest absolute Gasteiger partial charge is 0.374 e. The molecular weight excluding hydrogens is 182 g/mol. The Balaban J connectivity index is 1.91. The molecule has 2 nitrogen and oxygen atoms in total. The number of hydrogen-bond donors (Lipinski definition) is 0. The highest BCUT2D eigenvalue weighted by atomic mass is 35.5. The Labute approximate surface area is 76.2 Å². The second-order valence-corrected chi connectivity index (χ2v) is 4.34. The van der Waals surface area contributed by atoms with Crippen molar-refractivity contribution in [1.82, 2.24) is 4.90 Å². The molecule has 0 saturated carbocycles. The maximum atomic E-state index is 5.71. The molecule has 0 bridgehead atoms. The fraction of sp³-hybridized carbons (Fsp3) is 1.00. The van der Waals surface area contributed by atoms with Crippen LogP contribution in [0.2, 0.25) is 0 Å². The molecule has 2 unspecified atom stereocenters. The molecular formula is C7H12ClNOS. The van der Waals surface area contributed by atoms with Gasteiger partial charge in [0.05, 0.1) is 12.7 Å². The highest BCUT2D eigenvalue weighted by Gasteiger charge is 2.31. The SMILES string of the molecule is ClCC1CN2CSCC2CO1. The van der Waals surface area contributed by atoms with Crippen LogP contribution in [0, 0.1) is 0 Å². The van der Waals surface area contributed by atoms with Gasteiger partial charge < -0.3 is 4.74 Å². The number of halogens is 1. The van der Waals surface area contributed by atoms with Crippen LogP contribution in [0.15, 0.2) is 0 Å². The molecule has 64 valence electrons. The van der Waals surface area contributed by atoms with Gasteiger partial charge in [-0.3, -0.25) is 4.90 Å². The van der Waals surface area contributed by atoms with Crippen molar-refractivity contribution < 1.29 is 4.74 Å². The van der Waals surface area contributed by atoms with Crippen molar-refractivity contribution in [2.45, 2.75) is 12.1 Å². The zero-order valence-corrected chi connectivity index (χ0v) is 7.90. The van der Waals surface area contributed by atoms with E-state index in [2.05, 4.69) is 4.90 Å². The average Bonchev–Trinajstić information content (AvgIpc) is 2.50. The Hall–Kier alpha value is 0.560. The number of alkyl halides is 1. The first-order valence-corrected chi connectivity index (χ1v) is 5.58. The van der Waals surface area contributed by atoms with Crippen LogP contribution in [-0.2, 0) is 4.74 Å². The predicted molar refractivity (Wildman–Crippen MR) is 48.3 cm³/mol. The molecule has 2 aliphatic rings. The number of hydrogen-bond acceptors (Lipinski definition) is 3. The summed E-state index contributed by atoms with van der Waals surface area (Å²) in [5.41, 5.74) is 0. The fourth-order valence-corrected chi connectivity index (χ4v) is 2.95. The predicted octanol–water partition coefficient (Wildman–Crippen LogP) is 0.999. The molecule has 0 aromatic heterocycles. The zero-order valence-electron chi connectivity index (χ0n) is 6.33. The van der Waals surface area contributed by atoms with Crippen LogP contribution in [0.1, 0.15) is 0 Å². The first-order chi connectivity index (χ1) is 5.40. The molecule has 0 aliphatic carbocycles. The number of nitrogens with zero attached hydrogens (tertiary/aromatic N) is 1. The van der Waals surface area contributed by atoms with E-state index < -0.39 is 0 Å². The van der Waals surface area contributed by atoms with Gasteiger partial charge in [0.1, 0.15) is 0 Å².